The van der Waals surface area contributed by atoms with Crippen molar-refractivity contribution in [3.63, 3.8) is 0 Å². The lowest BCUT2D eigenvalue weighted by molar-refractivity contribution is -0.149. The average Bonchev–Trinajstić information content (AvgIpc) is 2.74. The molecule has 5 nitrogen and oxygen atoms in total. The summed E-state index contributed by atoms with van der Waals surface area (Å²) in [6.45, 7) is 3.71. The summed E-state index contributed by atoms with van der Waals surface area (Å²) >= 11 is 0. The van der Waals surface area contributed by atoms with Crippen molar-refractivity contribution in [1.82, 2.24) is 9.97 Å². The largest absolute Gasteiger partial charge is 0.464 e. The van der Waals surface area contributed by atoms with E-state index in [0.29, 0.717) is 11.5 Å². The lowest BCUT2D eigenvalue weighted by Crippen LogP contribution is -2.36. The zero-order valence-electron chi connectivity index (χ0n) is 15.4. The molecule has 0 amide bonds. The molecular formula is C22H21N3O2. The van der Waals surface area contributed by atoms with E-state index in [2.05, 4.69) is 9.97 Å². The summed E-state index contributed by atoms with van der Waals surface area (Å²) in [6, 6.07) is 21.2. The van der Waals surface area contributed by atoms with Crippen molar-refractivity contribution in [2.45, 2.75) is 19.4 Å². The van der Waals surface area contributed by atoms with Crippen molar-refractivity contribution in [2.24, 2.45) is 4.99 Å². The van der Waals surface area contributed by atoms with Gasteiger partial charge in [0, 0.05) is 23.5 Å². The molecule has 0 aliphatic rings. The molecule has 3 aromatic rings. The van der Waals surface area contributed by atoms with Crippen LogP contribution in [0.4, 0.5) is 0 Å². The third kappa shape index (κ3) is 4.08. The van der Waals surface area contributed by atoms with Crippen LogP contribution in [0.5, 0.6) is 0 Å². The van der Waals surface area contributed by atoms with Gasteiger partial charge in [0.25, 0.3) is 0 Å². The fraction of sp³-hybridized carbons (Fsp3) is 0.182. The van der Waals surface area contributed by atoms with Gasteiger partial charge in [0.2, 0.25) is 5.54 Å². The maximum absolute atomic E-state index is 12.9. The summed E-state index contributed by atoms with van der Waals surface area (Å²) < 4.78 is 5.31. The van der Waals surface area contributed by atoms with Crippen molar-refractivity contribution in [3.05, 3.63) is 96.1 Å². The molecule has 0 N–H and O–H groups in total. The quantitative estimate of drug-likeness (QED) is 0.496. The van der Waals surface area contributed by atoms with Crippen LogP contribution in [-0.4, -0.2) is 28.3 Å². The predicted octanol–water partition coefficient (Wildman–Crippen LogP) is 3.79. The van der Waals surface area contributed by atoms with Gasteiger partial charge in [-0.05, 0) is 19.9 Å². The van der Waals surface area contributed by atoms with Gasteiger partial charge in [-0.15, -0.1) is 0 Å². The average molecular weight is 359 g/mol. The monoisotopic (exact) mass is 359 g/mol. The molecule has 0 spiro atoms. The number of aromatic nitrogens is 2. The Hall–Kier alpha value is -3.34. The number of benzene rings is 2. The van der Waals surface area contributed by atoms with Gasteiger partial charge in [0.05, 0.1) is 12.3 Å². The summed E-state index contributed by atoms with van der Waals surface area (Å²) in [5, 5.41) is 0. The molecule has 0 saturated heterocycles. The van der Waals surface area contributed by atoms with Crippen molar-refractivity contribution < 1.29 is 9.53 Å². The van der Waals surface area contributed by atoms with Crippen molar-refractivity contribution >= 4 is 11.7 Å². The SMILES string of the molecule is CCOC(=O)C(C)(N=C(c1ccccc1)c1ccccc1)c1ncccn1. The zero-order valence-corrected chi connectivity index (χ0v) is 15.4. The van der Waals surface area contributed by atoms with Gasteiger partial charge >= 0.3 is 5.97 Å². The number of esters is 1. The van der Waals surface area contributed by atoms with Crippen LogP contribution >= 0.6 is 0 Å². The Morgan fingerprint density at radius 2 is 1.44 bits per heavy atom. The molecule has 1 heterocycles. The van der Waals surface area contributed by atoms with Gasteiger partial charge in [-0.1, -0.05) is 60.7 Å². The maximum atomic E-state index is 12.9. The van der Waals surface area contributed by atoms with Gasteiger partial charge in [-0.25, -0.2) is 14.8 Å². The number of hydrogen-bond acceptors (Lipinski definition) is 5. The van der Waals surface area contributed by atoms with E-state index >= 15 is 0 Å². The number of ether oxygens (including phenoxy) is 1. The zero-order chi connectivity index (χ0) is 19.1. The molecule has 0 radical (unpaired) electrons. The summed E-state index contributed by atoms with van der Waals surface area (Å²) in [4.78, 5) is 26.3. The molecule has 0 fully saturated rings. The molecular weight excluding hydrogens is 338 g/mol. The number of aliphatic imine (C=N–C) groups is 1. The Kier molecular flexibility index (Phi) is 5.71. The molecule has 1 unspecified atom stereocenters. The molecule has 0 saturated carbocycles. The minimum atomic E-state index is -1.36. The van der Waals surface area contributed by atoms with Gasteiger partial charge in [-0.2, -0.15) is 0 Å². The van der Waals surface area contributed by atoms with Crippen molar-refractivity contribution in [1.29, 1.82) is 0 Å². The van der Waals surface area contributed by atoms with E-state index in [1.807, 2.05) is 60.7 Å². The number of hydrogen-bond donors (Lipinski definition) is 0. The Balaban J connectivity index is 2.22. The fourth-order valence-electron chi connectivity index (χ4n) is 2.72. The topological polar surface area (TPSA) is 64.4 Å². The van der Waals surface area contributed by atoms with Crippen LogP contribution in [0, 0.1) is 0 Å². The highest BCUT2D eigenvalue weighted by molar-refractivity contribution is 6.13. The van der Waals surface area contributed by atoms with Crippen LogP contribution in [-0.2, 0) is 15.1 Å². The first-order valence-electron chi connectivity index (χ1n) is 8.80. The normalized spacial score (nSPS) is 12.7. The highest BCUT2D eigenvalue weighted by atomic mass is 16.5. The Morgan fingerprint density at radius 1 is 0.926 bits per heavy atom. The Labute approximate surface area is 158 Å². The standard InChI is InChI=1S/C22H21N3O2/c1-3-27-21(26)22(2,20-23-15-10-16-24-20)25-19(17-11-6-4-7-12-17)18-13-8-5-9-14-18/h4-16H,3H2,1-2H3. The second-order valence-corrected chi connectivity index (χ2v) is 6.06. The Bertz CT molecular complexity index is 871. The molecule has 0 aliphatic heterocycles. The summed E-state index contributed by atoms with van der Waals surface area (Å²) in [6.07, 6.45) is 3.19. The van der Waals surface area contributed by atoms with Gasteiger partial charge in [0.15, 0.2) is 5.82 Å². The van der Waals surface area contributed by atoms with E-state index in [0.717, 1.165) is 11.1 Å². The van der Waals surface area contributed by atoms with Gasteiger partial charge < -0.3 is 4.74 Å². The van der Waals surface area contributed by atoms with Crippen LogP contribution in [0.15, 0.2) is 84.1 Å². The smallest absolute Gasteiger partial charge is 0.341 e. The Morgan fingerprint density at radius 3 is 1.93 bits per heavy atom. The highest BCUT2D eigenvalue weighted by Crippen LogP contribution is 2.27. The number of carbonyl (C=O) groups is 1. The van der Waals surface area contributed by atoms with E-state index in [4.69, 9.17) is 9.73 Å². The first-order chi connectivity index (χ1) is 13.1. The summed E-state index contributed by atoms with van der Waals surface area (Å²) in [7, 11) is 0. The lowest BCUT2D eigenvalue weighted by atomic mass is 9.97. The first kappa shape index (κ1) is 18.5. The number of nitrogens with zero attached hydrogens (tertiary/aromatic N) is 3. The van der Waals surface area contributed by atoms with E-state index < -0.39 is 11.5 Å². The first-order valence-corrected chi connectivity index (χ1v) is 8.80. The molecule has 0 bridgehead atoms. The fourth-order valence-corrected chi connectivity index (χ4v) is 2.72. The number of rotatable bonds is 6. The highest BCUT2D eigenvalue weighted by Gasteiger charge is 2.40. The molecule has 1 aromatic heterocycles. The van der Waals surface area contributed by atoms with Gasteiger partial charge in [-0.3, -0.25) is 4.99 Å². The van der Waals surface area contributed by atoms with Crippen molar-refractivity contribution in [3.8, 4) is 0 Å². The molecule has 3 rings (SSSR count). The minimum Gasteiger partial charge on any atom is -0.464 e. The predicted molar refractivity (Wildman–Crippen MR) is 105 cm³/mol. The molecule has 0 aliphatic carbocycles. The lowest BCUT2D eigenvalue weighted by Gasteiger charge is -2.23. The second kappa shape index (κ2) is 8.36. The third-order valence-corrected chi connectivity index (χ3v) is 4.10. The van der Waals surface area contributed by atoms with Crippen LogP contribution in [0.25, 0.3) is 0 Å². The number of carbonyl (C=O) groups excluding carboxylic acids is 1. The van der Waals surface area contributed by atoms with Crippen LogP contribution < -0.4 is 0 Å². The van der Waals surface area contributed by atoms with Gasteiger partial charge in [0.1, 0.15) is 0 Å². The third-order valence-electron chi connectivity index (χ3n) is 4.10. The summed E-state index contributed by atoms with van der Waals surface area (Å²) in [5.74, 6) is -0.187. The van der Waals surface area contributed by atoms with Crippen LogP contribution in [0.3, 0.4) is 0 Å². The molecule has 5 heteroatoms. The summed E-state index contributed by atoms with van der Waals surface area (Å²) in [5.41, 5.74) is 1.11. The van der Waals surface area contributed by atoms with Crippen LogP contribution in [0.2, 0.25) is 0 Å². The van der Waals surface area contributed by atoms with Crippen molar-refractivity contribution in [2.75, 3.05) is 6.61 Å². The van der Waals surface area contributed by atoms with E-state index in [-0.39, 0.29) is 6.61 Å². The van der Waals surface area contributed by atoms with Crippen LogP contribution in [0.1, 0.15) is 30.8 Å². The van der Waals surface area contributed by atoms with E-state index in [9.17, 15) is 4.79 Å². The second-order valence-electron chi connectivity index (χ2n) is 6.06. The molecule has 136 valence electrons. The minimum absolute atomic E-state index is 0.253. The van der Waals surface area contributed by atoms with E-state index in [1.165, 1.54) is 0 Å². The maximum Gasteiger partial charge on any atom is 0.341 e. The molecule has 27 heavy (non-hydrogen) atoms. The molecule has 2 aromatic carbocycles. The molecule has 1 atom stereocenters. The van der Waals surface area contributed by atoms with E-state index in [1.54, 1.807) is 32.3 Å².